The summed E-state index contributed by atoms with van der Waals surface area (Å²) < 4.78 is 0. The van der Waals surface area contributed by atoms with Gasteiger partial charge in [-0.15, -0.1) is 0 Å². The Morgan fingerprint density at radius 2 is 2.33 bits per heavy atom. The van der Waals surface area contributed by atoms with Gasteiger partial charge in [0.25, 0.3) is 0 Å². The maximum absolute atomic E-state index is 9.55. The Hall–Kier alpha value is -0.930. The monoisotopic (exact) mass is 129 g/mol. The standard InChI is InChI=1S/C5H11N3O/c1-5(8-6)3-2-4-7-9/h2-4,6H2,1H3. The fraction of sp³-hybridized carbons (Fsp3) is 0.800. The third kappa shape index (κ3) is 4.93. The first-order valence-corrected chi connectivity index (χ1v) is 2.83. The number of hydrogen-bond acceptors (Lipinski definition) is 4. The summed E-state index contributed by atoms with van der Waals surface area (Å²) in [5.74, 6) is 4.93. The quantitative estimate of drug-likeness (QED) is 0.201. The summed E-state index contributed by atoms with van der Waals surface area (Å²) in [4.78, 5) is 9.55. The second kappa shape index (κ2) is 5.21. The van der Waals surface area contributed by atoms with Crippen LogP contribution in [-0.4, -0.2) is 12.3 Å². The van der Waals surface area contributed by atoms with Gasteiger partial charge in [-0.1, -0.05) is 5.18 Å². The highest BCUT2D eigenvalue weighted by molar-refractivity contribution is 5.81. The molecule has 0 fully saturated rings. The molecule has 2 N–H and O–H groups in total. The predicted molar refractivity (Wildman–Crippen MR) is 37.2 cm³/mol. The lowest BCUT2D eigenvalue weighted by Gasteiger charge is -1.91. The van der Waals surface area contributed by atoms with E-state index in [1.807, 2.05) is 6.92 Å². The van der Waals surface area contributed by atoms with E-state index in [1.165, 1.54) is 0 Å². The third-order valence-electron chi connectivity index (χ3n) is 1.01. The summed E-state index contributed by atoms with van der Waals surface area (Å²) in [7, 11) is 0. The van der Waals surface area contributed by atoms with Gasteiger partial charge in [-0.3, -0.25) is 0 Å². The van der Waals surface area contributed by atoms with Crippen molar-refractivity contribution in [2.45, 2.75) is 19.8 Å². The van der Waals surface area contributed by atoms with Gasteiger partial charge in [0.2, 0.25) is 0 Å². The first-order valence-electron chi connectivity index (χ1n) is 2.83. The number of nitrogens with zero attached hydrogens (tertiary/aromatic N) is 2. The van der Waals surface area contributed by atoms with Crippen LogP contribution < -0.4 is 5.84 Å². The SMILES string of the molecule is CC(CCCN=O)=NN. The Kier molecular flexibility index (Phi) is 4.67. The van der Waals surface area contributed by atoms with Gasteiger partial charge in [0.05, 0.1) is 6.54 Å². The molecule has 0 unspecified atom stereocenters. The van der Waals surface area contributed by atoms with Crippen LogP contribution in [0.5, 0.6) is 0 Å². The summed E-state index contributed by atoms with van der Waals surface area (Å²) in [6.45, 7) is 2.18. The average Bonchev–Trinajstić information content (AvgIpc) is 1.89. The van der Waals surface area contributed by atoms with Crippen molar-refractivity contribution in [3.63, 3.8) is 0 Å². The molecule has 9 heavy (non-hydrogen) atoms. The van der Waals surface area contributed by atoms with Crippen LogP contribution in [0.15, 0.2) is 10.3 Å². The zero-order valence-corrected chi connectivity index (χ0v) is 5.50. The van der Waals surface area contributed by atoms with Crippen molar-refractivity contribution < 1.29 is 0 Å². The number of rotatable bonds is 4. The van der Waals surface area contributed by atoms with Gasteiger partial charge >= 0.3 is 0 Å². The van der Waals surface area contributed by atoms with E-state index < -0.39 is 0 Å². The summed E-state index contributed by atoms with van der Waals surface area (Å²) >= 11 is 0. The van der Waals surface area contributed by atoms with Crippen LogP contribution in [0.1, 0.15) is 19.8 Å². The van der Waals surface area contributed by atoms with Crippen molar-refractivity contribution in [2.75, 3.05) is 6.54 Å². The molecule has 0 radical (unpaired) electrons. The van der Waals surface area contributed by atoms with Crippen molar-refractivity contribution in [3.05, 3.63) is 4.91 Å². The molecular weight excluding hydrogens is 118 g/mol. The molecular formula is C5H11N3O. The molecule has 0 rings (SSSR count). The van der Waals surface area contributed by atoms with Crippen LogP contribution in [0, 0.1) is 4.91 Å². The number of hydrogen-bond donors (Lipinski definition) is 1. The van der Waals surface area contributed by atoms with Gasteiger partial charge in [-0.2, -0.15) is 10.0 Å². The largest absolute Gasteiger partial charge is 0.323 e. The minimum atomic E-state index is 0.354. The van der Waals surface area contributed by atoms with Crippen molar-refractivity contribution in [1.82, 2.24) is 0 Å². The van der Waals surface area contributed by atoms with E-state index in [-0.39, 0.29) is 0 Å². The highest BCUT2D eigenvalue weighted by Crippen LogP contribution is 1.90. The van der Waals surface area contributed by atoms with Gasteiger partial charge in [-0.05, 0) is 19.8 Å². The van der Waals surface area contributed by atoms with E-state index in [9.17, 15) is 4.91 Å². The summed E-state index contributed by atoms with van der Waals surface area (Å²) in [5, 5.41) is 6.13. The molecule has 0 aliphatic rings. The minimum Gasteiger partial charge on any atom is -0.323 e. The van der Waals surface area contributed by atoms with E-state index in [2.05, 4.69) is 10.3 Å². The molecule has 0 aromatic heterocycles. The van der Waals surface area contributed by atoms with E-state index in [0.717, 1.165) is 18.6 Å². The Morgan fingerprint density at radius 1 is 1.67 bits per heavy atom. The van der Waals surface area contributed by atoms with Gasteiger partial charge in [-0.25, -0.2) is 0 Å². The third-order valence-corrected chi connectivity index (χ3v) is 1.01. The maximum atomic E-state index is 9.55. The van der Waals surface area contributed by atoms with Gasteiger partial charge in [0.1, 0.15) is 0 Å². The second-order valence-corrected chi connectivity index (χ2v) is 1.82. The molecule has 0 heterocycles. The normalized spacial score (nSPS) is 11.4. The van der Waals surface area contributed by atoms with Gasteiger partial charge in [0, 0.05) is 5.71 Å². The van der Waals surface area contributed by atoms with Crippen LogP contribution in [0.25, 0.3) is 0 Å². The molecule has 4 heteroatoms. The van der Waals surface area contributed by atoms with E-state index in [0.29, 0.717) is 6.54 Å². The average molecular weight is 129 g/mol. The summed E-state index contributed by atoms with van der Waals surface area (Å²) in [6.07, 6.45) is 1.51. The van der Waals surface area contributed by atoms with Crippen LogP contribution in [0.4, 0.5) is 0 Å². The first-order chi connectivity index (χ1) is 4.31. The molecule has 0 saturated carbocycles. The highest BCUT2D eigenvalue weighted by atomic mass is 16.3. The van der Waals surface area contributed by atoms with Gasteiger partial charge < -0.3 is 5.84 Å². The van der Waals surface area contributed by atoms with Crippen LogP contribution in [0.2, 0.25) is 0 Å². The molecule has 0 aromatic carbocycles. The smallest absolute Gasteiger partial charge is 0.0814 e. The van der Waals surface area contributed by atoms with Crippen LogP contribution in [0.3, 0.4) is 0 Å². The fourth-order valence-corrected chi connectivity index (χ4v) is 0.464. The Morgan fingerprint density at radius 3 is 2.78 bits per heavy atom. The molecule has 0 aliphatic carbocycles. The lowest BCUT2D eigenvalue weighted by atomic mass is 10.2. The van der Waals surface area contributed by atoms with E-state index in [1.54, 1.807) is 0 Å². The Balaban J connectivity index is 3.17. The fourth-order valence-electron chi connectivity index (χ4n) is 0.464. The lowest BCUT2D eigenvalue weighted by molar-refractivity contribution is 0.866. The number of nitroso groups, excluding NO2 is 1. The molecule has 0 atom stereocenters. The molecule has 52 valence electrons. The molecule has 4 nitrogen and oxygen atoms in total. The Bertz CT molecular complexity index is 111. The first kappa shape index (κ1) is 8.07. The topological polar surface area (TPSA) is 67.8 Å². The van der Waals surface area contributed by atoms with Crippen LogP contribution >= 0.6 is 0 Å². The van der Waals surface area contributed by atoms with Crippen molar-refractivity contribution in [1.29, 1.82) is 0 Å². The zero-order valence-electron chi connectivity index (χ0n) is 5.50. The van der Waals surface area contributed by atoms with Crippen molar-refractivity contribution >= 4 is 5.71 Å². The van der Waals surface area contributed by atoms with Gasteiger partial charge in [0.15, 0.2) is 0 Å². The molecule has 0 aromatic rings. The Labute approximate surface area is 54.1 Å². The molecule has 0 saturated heterocycles. The molecule has 0 bridgehead atoms. The number of hydrazone groups is 1. The second-order valence-electron chi connectivity index (χ2n) is 1.82. The maximum Gasteiger partial charge on any atom is 0.0814 e. The summed E-state index contributed by atoms with van der Waals surface area (Å²) in [6, 6.07) is 0. The molecule has 0 amide bonds. The lowest BCUT2D eigenvalue weighted by Crippen LogP contribution is -1.96. The van der Waals surface area contributed by atoms with Crippen molar-refractivity contribution in [2.24, 2.45) is 16.1 Å². The highest BCUT2D eigenvalue weighted by Gasteiger charge is 1.89. The molecule has 0 aliphatic heterocycles. The molecule has 0 spiro atoms. The number of nitrogens with two attached hydrogens (primary N) is 1. The minimum absolute atomic E-state index is 0.354. The predicted octanol–water partition coefficient (Wildman–Crippen LogP) is 0.868. The van der Waals surface area contributed by atoms with E-state index in [4.69, 9.17) is 5.84 Å². The summed E-state index contributed by atoms with van der Waals surface area (Å²) in [5.41, 5.74) is 0.860. The van der Waals surface area contributed by atoms with E-state index >= 15 is 0 Å². The van der Waals surface area contributed by atoms with Crippen molar-refractivity contribution in [3.8, 4) is 0 Å². The van der Waals surface area contributed by atoms with Crippen LogP contribution in [-0.2, 0) is 0 Å². The zero-order chi connectivity index (χ0) is 7.11.